The lowest BCUT2D eigenvalue weighted by Crippen LogP contribution is -2.11. The third-order valence-corrected chi connectivity index (χ3v) is 3.28. The third-order valence-electron chi connectivity index (χ3n) is 3.28. The highest BCUT2D eigenvalue weighted by Gasteiger charge is 2.19. The number of aryl methyl sites for hydroxylation is 3. The van der Waals surface area contributed by atoms with E-state index in [-0.39, 0.29) is 5.92 Å². The highest BCUT2D eigenvalue weighted by Crippen LogP contribution is 2.31. The maximum atomic E-state index is 10.9. The Hall–Kier alpha value is -1.11. The van der Waals surface area contributed by atoms with Gasteiger partial charge in [0.2, 0.25) is 0 Å². The van der Waals surface area contributed by atoms with Crippen LogP contribution in [0.2, 0.25) is 0 Å². The molecule has 0 amide bonds. The number of carbonyl (C=O) groups excluding carboxylic acids is 1. The summed E-state index contributed by atoms with van der Waals surface area (Å²) in [5.41, 5.74) is 5.30. The standard InChI is InChI=1S/C13H16O/c1-9-6-11-4-3-5-12(8-14)13(11)7-10(9)2/h6-8,12H,3-5H2,1-2H3. The van der Waals surface area contributed by atoms with Crippen molar-refractivity contribution < 1.29 is 4.79 Å². The molecule has 14 heavy (non-hydrogen) atoms. The summed E-state index contributed by atoms with van der Waals surface area (Å²) in [7, 11) is 0. The van der Waals surface area contributed by atoms with Gasteiger partial charge in [0.25, 0.3) is 0 Å². The number of hydrogen-bond acceptors (Lipinski definition) is 1. The van der Waals surface area contributed by atoms with E-state index in [0.717, 1.165) is 25.5 Å². The highest BCUT2D eigenvalue weighted by molar-refractivity contribution is 5.64. The molecular weight excluding hydrogens is 172 g/mol. The molecule has 1 atom stereocenters. The molecule has 0 aromatic heterocycles. The van der Waals surface area contributed by atoms with Crippen LogP contribution in [0.4, 0.5) is 0 Å². The molecule has 0 saturated carbocycles. The Morgan fingerprint density at radius 2 is 2.00 bits per heavy atom. The highest BCUT2D eigenvalue weighted by atomic mass is 16.1. The van der Waals surface area contributed by atoms with Crippen LogP contribution in [0.15, 0.2) is 12.1 Å². The summed E-state index contributed by atoms with van der Waals surface area (Å²) in [5, 5.41) is 0. The number of aldehydes is 1. The van der Waals surface area contributed by atoms with Gasteiger partial charge in [0.05, 0.1) is 0 Å². The number of carbonyl (C=O) groups is 1. The van der Waals surface area contributed by atoms with E-state index in [1.807, 2.05) is 0 Å². The Balaban J connectivity index is 2.52. The molecule has 2 rings (SSSR count). The molecule has 1 unspecified atom stereocenters. The van der Waals surface area contributed by atoms with Gasteiger partial charge in [-0.05, 0) is 55.4 Å². The van der Waals surface area contributed by atoms with E-state index in [2.05, 4.69) is 26.0 Å². The van der Waals surface area contributed by atoms with Crippen LogP contribution >= 0.6 is 0 Å². The number of benzene rings is 1. The zero-order valence-corrected chi connectivity index (χ0v) is 8.84. The van der Waals surface area contributed by atoms with E-state index in [1.165, 1.54) is 22.3 Å². The van der Waals surface area contributed by atoms with Crippen molar-refractivity contribution >= 4 is 6.29 Å². The lowest BCUT2D eigenvalue weighted by molar-refractivity contribution is -0.109. The molecule has 1 aliphatic carbocycles. The number of fused-ring (bicyclic) bond motifs is 1. The first-order valence-electron chi connectivity index (χ1n) is 5.27. The van der Waals surface area contributed by atoms with E-state index < -0.39 is 0 Å². The first kappa shape index (κ1) is 9.45. The Morgan fingerprint density at radius 1 is 1.29 bits per heavy atom. The monoisotopic (exact) mass is 188 g/mol. The third kappa shape index (κ3) is 1.47. The van der Waals surface area contributed by atoms with Crippen LogP contribution in [0, 0.1) is 13.8 Å². The van der Waals surface area contributed by atoms with Crippen molar-refractivity contribution in [3.63, 3.8) is 0 Å². The minimum absolute atomic E-state index is 0.151. The molecule has 0 spiro atoms. The largest absolute Gasteiger partial charge is 0.303 e. The van der Waals surface area contributed by atoms with Crippen molar-refractivity contribution in [1.29, 1.82) is 0 Å². The quantitative estimate of drug-likeness (QED) is 0.619. The van der Waals surface area contributed by atoms with Gasteiger partial charge in [-0.3, -0.25) is 0 Å². The van der Waals surface area contributed by atoms with Crippen LogP contribution in [-0.2, 0) is 11.2 Å². The zero-order valence-electron chi connectivity index (χ0n) is 8.84. The molecule has 0 fully saturated rings. The molecule has 0 bridgehead atoms. The summed E-state index contributed by atoms with van der Waals surface area (Å²) in [5.74, 6) is 0.151. The van der Waals surface area contributed by atoms with E-state index in [1.54, 1.807) is 0 Å². The average molecular weight is 188 g/mol. The second-order valence-corrected chi connectivity index (χ2v) is 4.27. The summed E-state index contributed by atoms with van der Waals surface area (Å²) in [4.78, 5) is 10.9. The lowest BCUT2D eigenvalue weighted by atomic mass is 9.82. The molecule has 1 aliphatic rings. The van der Waals surface area contributed by atoms with Crippen LogP contribution in [-0.4, -0.2) is 6.29 Å². The van der Waals surface area contributed by atoms with Crippen LogP contribution < -0.4 is 0 Å². The average Bonchev–Trinajstić information content (AvgIpc) is 2.19. The van der Waals surface area contributed by atoms with E-state index >= 15 is 0 Å². The Kier molecular flexibility index (Phi) is 2.40. The minimum atomic E-state index is 0.151. The number of rotatable bonds is 1. The van der Waals surface area contributed by atoms with Crippen molar-refractivity contribution in [2.75, 3.05) is 0 Å². The maximum absolute atomic E-state index is 10.9. The molecule has 0 aliphatic heterocycles. The van der Waals surface area contributed by atoms with Crippen molar-refractivity contribution in [2.24, 2.45) is 0 Å². The summed E-state index contributed by atoms with van der Waals surface area (Å²) >= 11 is 0. The predicted octanol–water partition coefficient (Wildman–Crippen LogP) is 2.92. The molecular formula is C13H16O. The van der Waals surface area contributed by atoms with Crippen LogP contribution in [0.25, 0.3) is 0 Å². The molecule has 0 saturated heterocycles. The fourth-order valence-corrected chi connectivity index (χ4v) is 2.27. The summed E-state index contributed by atoms with van der Waals surface area (Å²) < 4.78 is 0. The molecule has 1 nitrogen and oxygen atoms in total. The number of hydrogen-bond donors (Lipinski definition) is 0. The first-order chi connectivity index (χ1) is 6.72. The predicted molar refractivity (Wildman–Crippen MR) is 57.7 cm³/mol. The van der Waals surface area contributed by atoms with Gasteiger partial charge in [-0.15, -0.1) is 0 Å². The molecule has 0 heterocycles. The van der Waals surface area contributed by atoms with E-state index in [9.17, 15) is 4.79 Å². The summed E-state index contributed by atoms with van der Waals surface area (Å²) in [6.45, 7) is 4.26. The Morgan fingerprint density at radius 3 is 2.71 bits per heavy atom. The molecule has 74 valence electrons. The zero-order chi connectivity index (χ0) is 10.1. The van der Waals surface area contributed by atoms with Crippen molar-refractivity contribution in [2.45, 2.75) is 39.0 Å². The first-order valence-corrected chi connectivity index (χ1v) is 5.27. The lowest BCUT2D eigenvalue weighted by Gasteiger charge is -2.22. The van der Waals surface area contributed by atoms with Gasteiger partial charge in [-0.2, -0.15) is 0 Å². The van der Waals surface area contributed by atoms with Gasteiger partial charge in [0.15, 0.2) is 0 Å². The molecule has 1 aromatic carbocycles. The van der Waals surface area contributed by atoms with Gasteiger partial charge in [-0.25, -0.2) is 0 Å². The Bertz CT molecular complexity index is 366. The molecule has 0 radical (unpaired) electrons. The summed E-state index contributed by atoms with van der Waals surface area (Å²) in [6, 6.07) is 4.45. The fourth-order valence-electron chi connectivity index (χ4n) is 2.27. The summed E-state index contributed by atoms with van der Waals surface area (Å²) in [6.07, 6.45) is 4.42. The second-order valence-electron chi connectivity index (χ2n) is 4.27. The van der Waals surface area contributed by atoms with Gasteiger partial charge >= 0.3 is 0 Å². The maximum Gasteiger partial charge on any atom is 0.127 e. The van der Waals surface area contributed by atoms with Gasteiger partial charge in [0.1, 0.15) is 6.29 Å². The smallest absolute Gasteiger partial charge is 0.127 e. The van der Waals surface area contributed by atoms with Crippen molar-refractivity contribution in [3.8, 4) is 0 Å². The fraction of sp³-hybridized carbons (Fsp3) is 0.462. The SMILES string of the molecule is Cc1cc2c(cc1C)C(C=O)CCC2. The molecule has 0 N–H and O–H groups in total. The normalized spacial score (nSPS) is 20.3. The molecule has 1 heteroatoms. The van der Waals surface area contributed by atoms with Crippen molar-refractivity contribution in [1.82, 2.24) is 0 Å². The minimum Gasteiger partial charge on any atom is -0.303 e. The van der Waals surface area contributed by atoms with Crippen molar-refractivity contribution in [3.05, 3.63) is 34.4 Å². The topological polar surface area (TPSA) is 17.1 Å². The van der Waals surface area contributed by atoms with E-state index in [4.69, 9.17) is 0 Å². The van der Waals surface area contributed by atoms with Gasteiger partial charge in [-0.1, -0.05) is 12.1 Å². The van der Waals surface area contributed by atoms with Crippen LogP contribution in [0.5, 0.6) is 0 Å². The Labute approximate surface area is 85.1 Å². The van der Waals surface area contributed by atoms with Crippen LogP contribution in [0.1, 0.15) is 41.0 Å². The van der Waals surface area contributed by atoms with Gasteiger partial charge in [0, 0.05) is 5.92 Å². The second kappa shape index (κ2) is 3.56. The van der Waals surface area contributed by atoms with Gasteiger partial charge < -0.3 is 4.79 Å². The van der Waals surface area contributed by atoms with E-state index in [0.29, 0.717) is 0 Å². The molecule has 1 aromatic rings. The van der Waals surface area contributed by atoms with Crippen LogP contribution in [0.3, 0.4) is 0 Å².